The minimum atomic E-state index is -0.482. The number of benzene rings is 1. The van der Waals surface area contributed by atoms with Gasteiger partial charge < -0.3 is 15.4 Å². The van der Waals surface area contributed by atoms with Gasteiger partial charge in [-0.3, -0.25) is 10.3 Å². The largest absolute Gasteiger partial charge is 0.453 e. The van der Waals surface area contributed by atoms with Gasteiger partial charge in [-0.2, -0.15) is 0 Å². The highest BCUT2D eigenvalue weighted by atomic mass is 127. The fourth-order valence-electron chi connectivity index (χ4n) is 1.45. The second kappa shape index (κ2) is 11.0. The van der Waals surface area contributed by atoms with Crippen LogP contribution in [-0.4, -0.2) is 32.8 Å². The standard InChI is InChI=1S/C14H20N4O2.HI/c1-4-9-16-13(15-2)17-10-11-5-7-12(8-6-11)18-14(19)20-3;/h4-8H,1,9-10H2,2-3H3,(H,18,19)(H2,15,16,17);1H. The van der Waals surface area contributed by atoms with E-state index < -0.39 is 6.09 Å². The summed E-state index contributed by atoms with van der Waals surface area (Å²) in [5, 5.41) is 8.85. The molecule has 21 heavy (non-hydrogen) atoms. The van der Waals surface area contributed by atoms with Crippen molar-refractivity contribution in [1.82, 2.24) is 10.6 Å². The van der Waals surface area contributed by atoms with E-state index in [0.717, 1.165) is 5.56 Å². The normalized spacial score (nSPS) is 10.1. The lowest BCUT2D eigenvalue weighted by Crippen LogP contribution is -2.36. The van der Waals surface area contributed by atoms with Gasteiger partial charge in [0.1, 0.15) is 0 Å². The van der Waals surface area contributed by atoms with Crippen LogP contribution in [0, 0.1) is 0 Å². The van der Waals surface area contributed by atoms with Crippen LogP contribution in [-0.2, 0) is 11.3 Å². The monoisotopic (exact) mass is 404 g/mol. The van der Waals surface area contributed by atoms with E-state index in [1.807, 2.05) is 24.3 Å². The third kappa shape index (κ3) is 7.54. The van der Waals surface area contributed by atoms with Gasteiger partial charge in [0, 0.05) is 25.8 Å². The van der Waals surface area contributed by atoms with Crippen molar-refractivity contribution in [3.63, 3.8) is 0 Å². The quantitative estimate of drug-likeness (QED) is 0.305. The van der Waals surface area contributed by atoms with Gasteiger partial charge in [-0.05, 0) is 17.7 Å². The lowest BCUT2D eigenvalue weighted by atomic mass is 10.2. The summed E-state index contributed by atoms with van der Waals surface area (Å²) in [5.41, 5.74) is 1.76. The summed E-state index contributed by atoms with van der Waals surface area (Å²) in [6, 6.07) is 7.46. The number of hydrogen-bond acceptors (Lipinski definition) is 3. The zero-order chi connectivity index (χ0) is 14.8. The van der Waals surface area contributed by atoms with Gasteiger partial charge >= 0.3 is 6.09 Å². The second-order valence-electron chi connectivity index (χ2n) is 3.91. The Kier molecular flexibility index (Phi) is 10.0. The molecule has 0 aromatic heterocycles. The molecule has 0 aliphatic heterocycles. The summed E-state index contributed by atoms with van der Waals surface area (Å²) in [6.45, 7) is 4.92. The molecule has 0 fully saturated rings. The molecule has 0 aliphatic rings. The van der Waals surface area contributed by atoms with Crippen molar-refractivity contribution < 1.29 is 9.53 Å². The summed E-state index contributed by atoms with van der Waals surface area (Å²) >= 11 is 0. The zero-order valence-electron chi connectivity index (χ0n) is 12.2. The molecule has 0 saturated carbocycles. The second-order valence-corrected chi connectivity index (χ2v) is 3.91. The minimum Gasteiger partial charge on any atom is -0.453 e. The maximum atomic E-state index is 11.0. The minimum absolute atomic E-state index is 0. The van der Waals surface area contributed by atoms with Crippen molar-refractivity contribution >= 4 is 41.7 Å². The summed E-state index contributed by atoms with van der Waals surface area (Å²) in [7, 11) is 3.04. The molecule has 7 heteroatoms. The number of hydrogen-bond donors (Lipinski definition) is 3. The van der Waals surface area contributed by atoms with E-state index in [4.69, 9.17) is 0 Å². The van der Waals surface area contributed by atoms with Gasteiger partial charge in [0.2, 0.25) is 0 Å². The molecule has 0 atom stereocenters. The number of nitrogens with one attached hydrogen (secondary N) is 3. The van der Waals surface area contributed by atoms with Gasteiger partial charge in [-0.1, -0.05) is 18.2 Å². The van der Waals surface area contributed by atoms with E-state index in [1.54, 1.807) is 13.1 Å². The molecule has 0 unspecified atom stereocenters. The van der Waals surface area contributed by atoms with Crippen molar-refractivity contribution in [1.29, 1.82) is 0 Å². The van der Waals surface area contributed by atoms with Crippen molar-refractivity contribution in [2.75, 3.05) is 26.0 Å². The number of carbonyl (C=O) groups excluding carboxylic acids is 1. The molecule has 3 N–H and O–H groups in total. The molecular weight excluding hydrogens is 383 g/mol. The van der Waals surface area contributed by atoms with E-state index in [2.05, 4.69) is 32.3 Å². The molecule has 1 aromatic rings. The van der Waals surface area contributed by atoms with Crippen LogP contribution >= 0.6 is 24.0 Å². The summed E-state index contributed by atoms with van der Waals surface area (Å²) in [5.74, 6) is 0.710. The fourth-order valence-corrected chi connectivity index (χ4v) is 1.45. The molecule has 0 spiro atoms. The van der Waals surface area contributed by atoms with Gasteiger partial charge in [0.15, 0.2) is 5.96 Å². The number of ether oxygens (including phenoxy) is 1. The average molecular weight is 404 g/mol. The highest BCUT2D eigenvalue weighted by Crippen LogP contribution is 2.09. The highest BCUT2D eigenvalue weighted by Gasteiger charge is 2.01. The number of halogens is 1. The fraction of sp³-hybridized carbons (Fsp3) is 0.286. The Morgan fingerprint density at radius 1 is 1.33 bits per heavy atom. The predicted molar refractivity (Wildman–Crippen MR) is 96.3 cm³/mol. The van der Waals surface area contributed by atoms with Crippen LogP contribution in [0.4, 0.5) is 10.5 Å². The molecular formula is C14H21IN4O2. The van der Waals surface area contributed by atoms with Crippen molar-refractivity contribution in [2.45, 2.75) is 6.54 Å². The van der Waals surface area contributed by atoms with Crippen molar-refractivity contribution in [2.24, 2.45) is 4.99 Å². The van der Waals surface area contributed by atoms with Crippen LogP contribution in [0.1, 0.15) is 5.56 Å². The Morgan fingerprint density at radius 3 is 2.52 bits per heavy atom. The third-order valence-electron chi connectivity index (χ3n) is 2.48. The van der Waals surface area contributed by atoms with Crippen LogP contribution in [0.2, 0.25) is 0 Å². The average Bonchev–Trinajstić information content (AvgIpc) is 2.49. The Labute approximate surface area is 142 Å². The first-order valence-electron chi connectivity index (χ1n) is 6.19. The number of methoxy groups -OCH3 is 1. The molecule has 116 valence electrons. The maximum absolute atomic E-state index is 11.0. The van der Waals surface area contributed by atoms with E-state index in [1.165, 1.54) is 7.11 Å². The zero-order valence-corrected chi connectivity index (χ0v) is 14.5. The molecule has 0 bridgehead atoms. The summed E-state index contributed by atoms with van der Waals surface area (Å²) in [6.07, 6.45) is 1.28. The summed E-state index contributed by atoms with van der Waals surface area (Å²) < 4.78 is 4.52. The smallest absolute Gasteiger partial charge is 0.411 e. The molecule has 1 rings (SSSR count). The van der Waals surface area contributed by atoms with E-state index in [9.17, 15) is 4.79 Å². The molecule has 0 radical (unpaired) electrons. The maximum Gasteiger partial charge on any atom is 0.411 e. The number of anilines is 1. The molecule has 0 aliphatic carbocycles. The molecule has 1 amide bonds. The first kappa shape index (κ1) is 19.2. The first-order valence-corrected chi connectivity index (χ1v) is 6.19. The van der Waals surface area contributed by atoms with Crippen LogP contribution < -0.4 is 16.0 Å². The molecule has 0 heterocycles. The first-order chi connectivity index (χ1) is 9.69. The summed E-state index contributed by atoms with van der Waals surface area (Å²) in [4.78, 5) is 15.1. The van der Waals surface area contributed by atoms with Gasteiger partial charge in [0.05, 0.1) is 7.11 Å². The van der Waals surface area contributed by atoms with E-state index in [-0.39, 0.29) is 24.0 Å². The highest BCUT2D eigenvalue weighted by molar-refractivity contribution is 14.0. The Balaban J connectivity index is 0.00000400. The number of carbonyl (C=O) groups is 1. The lowest BCUT2D eigenvalue weighted by Gasteiger charge is -2.11. The topological polar surface area (TPSA) is 74.8 Å². The molecule has 6 nitrogen and oxygen atoms in total. The third-order valence-corrected chi connectivity index (χ3v) is 2.48. The van der Waals surface area contributed by atoms with Crippen LogP contribution in [0.5, 0.6) is 0 Å². The predicted octanol–water partition coefficient (Wildman–Crippen LogP) is 2.33. The molecule has 1 aromatic carbocycles. The molecule has 0 saturated heterocycles. The number of rotatable bonds is 5. The Morgan fingerprint density at radius 2 is 2.00 bits per heavy atom. The van der Waals surface area contributed by atoms with Gasteiger partial charge in [0.25, 0.3) is 0 Å². The van der Waals surface area contributed by atoms with Gasteiger partial charge in [-0.25, -0.2) is 4.79 Å². The van der Waals surface area contributed by atoms with Crippen LogP contribution in [0.15, 0.2) is 41.9 Å². The lowest BCUT2D eigenvalue weighted by molar-refractivity contribution is 0.187. The Hall–Kier alpha value is -1.77. The van der Waals surface area contributed by atoms with Crippen molar-refractivity contribution in [3.05, 3.63) is 42.5 Å². The number of amides is 1. The number of guanidine groups is 1. The van der Waals surface area contributed by atoms with E-state index >= 15 is 0 Å². The number of nitrogens with zero attached hydrogens (tertiary/aromatic N) is 1. The van der Waals surface area contributed by atoms with Crippen LogP contribution in [0.25, 0.3) is 0 Å². The van der Waals surface area contributed by atoms with Crippen LogP contribution in [0.3, 0.4) is 0 Å². The van der Waals surface area contributed by atoms with Gasteiger partial charge in [-0.15, -0.1) is 30.6 Å². The van der Waals surface area contributed by atoms with E-state index in [0.29, 0.717) is 24.7 Å². The Bertz CT molecular complexity index is 474. The van der Waals surface area contributed by atoms with Crippen molar-refractivity contribution in [3.8, 4) is 0 Å². The number of aliphatic imine (C=N–C) groups is 1. The SMILES string of the molecule is C=CCNC(=NC)NCc1ccc(NC(=O)OC)cc1.I.